The van der Waals surface area contributed by atoms with E-state index in [-0.39, 0.29) is 17.1 Å². The molecule has 4 heteroatoms. The summed E-state index contributed by atoms with van der Waals surface area (Å²) in [6, 6.07) is 3.75. The number of hydrogen-bond donors (Lipinski definition) is 0. The molecule has 0 fully saturated rings. The Balaban J connectivity index is 2.50. The lowest BCUT2D eigenvalue weighted by Gasteiger charge is -2.20. The van der Waals surface area contributed by atoms with Gasteiger partial charge in [0.25, 0.3) is 0 Å². The number of rotatable bonds is 1. The standard InChI is InChI=1S/C16H18O4/c1-8-6-7-10(18-5)13-11(8)14-12(15(17)20-13)16(3,4)9(2)19-14/h6-7,9H,1-5H3/t9-/m0/s1. The number of fused-ring (bicyclic) bond motifs is 3. The molecule has 0 saturated heterocycles. The minimum Gasteiger partial charge on any atom is -0.493 e. The molecule has 2 aromatic rings. The van der Waals surface area contributed by atoms with Gasteiger partial charge in [-0.1, -0.05) is 19.9 Å². The first kappa shape index (κ1) is 13.0. The van der Waals surface area contributed by atoms with Crippen LogP contribution in [0.4, 0.5) is 0 Å². The van der Waals surface area contributed by atoms with Gasteiger partial charge in [-0.2, -0.15) is 0 Å². The van der Waals surface area contributed by atoms with E-state index in [4.69, 9.17) is 13.9 Å². The predicted octanol–water partition coefficient (Wildman–Crippen LogP) is 3.17. The van der Waals surface area contributed by atoms with Gasteiger partial charge in [-0.3, -0.25) is 0 Å². The third-order valence-electron chi connectivity index (χ3n) is 4.36. The summed E-state index contributed by atoms with van der Waals surface area (Å²) >= 11 is 0. The summed E-state index contributed by atoms with van der Waals surface area (Å²) in [5.74, 6) is 1.19. The zero-order valence-corrected chi connectivity index (χ0v) is 12.4. The molecular formula is C16H18O4. The van der Waals surface area contributed by atoms with Gasteiger partial charge < -0.3 is 13.9 Å². The Bertz CT molecular complexity index is 755. The summed E-state index contributed by atoms with van der Waals surface area (Å²) in [6.45, 7) is 7.95. The largest absolute Gasteiger partial charge is 0.493 e. The fraction of sp³-hybridized carbons (Fsp3) is 0.438. The highest BCUT2D eigenvalue weighted by Crippen LogP contribution is 2.46. The lowest BCUT2D eigenvalue weighted by molar-refractivity contribution is 0.187. The van der Waals surface area contributed by atoms with Gasteiger partial charge >= 0.3 is 5.63 Å². The van der Waals surface area contributed by atoms with E-state index >= 15 is 0 Å². The van der Waals surface area contributed by atoms with Crippen molar-refractivity contribution in [2.45, 2.75) is 39.2 Å². The zero-order valence-electron chi connectivity index (χ0n) is 12.4. The first-order valence-corrected chi connectivity index (χ1v) is 6.69. The third kappa shape index (κ3) is 1.51. The zero-order chi connectivity index (χ0) is 14.7. The first-order chi connectivity index (χ1) is 9.37. The fourth-order valence-electron chi connectivity index (χ4n) is 2.77. The predicted molar refractivity (Wildman–Crippen MR) is 76.9 cm³/mol. The Morgan fingerprint density at radius 1 is 1.30 bits per heavy atom. The number of hydrogen-bond acceptors (Lipinski definition) is 4. The monoisotopic (exact) mass is 274 g/mol. The molecule has 1 aromatic carbocycles. The summed E-state index contributed by atoms with van der Waals surface area (Å²) in [5, 5.41) is 0.830. The minimum absolute atomic E-state index is 0.0726. The van der Waals surface area contributed by atoms with Gasteiger partial charge in [0, 0.05) is 5.41 Å². The van der Waals surface area contributed by atoms with Crippen LogP contribution >= 0.6 is 0 Å². The van der Waals surface area contributed by atoms with E-state index in [1.165, 1.54) is 0 Å². The molecule has 3 rings (SSSR count). The summed E-state index contributed by atoms with van der Waals surface area (Å²) in [4.78, 5) is 12.4. The van der Waals surface area contributed by atoms with Crippen LogP contribution in [-0.4, -0.2) is 13.2 Å². The van der Waals surface area contributed by atoms with E-state index in [0.29, 0.717) is 22.6 Å². The van der Waals surface area contributed by atoms with Crippen LogP contribution in [0.1, 0.15) is 31.9 Å². The highest BCUT2D eigenvalue weighted by atomic mass is 16.5. The Hall–Kier alpha value is -1.97. The highest BCUT2D eigenvalue weighted by molar-refractivity contribution is 5.92. The molecule has 0 saturated carbocycles. The van der Waals surface area contributed by atoms with Crippen LogP contribution in [0.25, 0.3) is 11.0 Å². The van der Waals surface area contributed by atoms with Crippen LogP contribution in [0.3, 0.4) is 0 Å². The molecule has 0 amide bonds. The Kier molecular flexibility index (Phi) is 2.61. The normalized spacial score (nSPS) is 19.8. The molecule has 4 nitrogen and oxygen atoms in total. The molecule has 106 valence electrons. The van der Waals surface area contributed by atoms with Gasteiger partial charge in [0.2, 0.25) is 0 Å². The van der Waals surface area contributed by atoms with E-state index in [1.54, 1.807) is 13.2 Å². The van der Waals surface area contributed by atoms with Crippen molar-refractivity contribution in [1.29, 1.82) is 0 Å². The first-order valence-electron chi connectivity index (χ1n) is 6.69. The van der Waals surface area contributed by atoms with Crippen molar-refractivity contribution in [3.8, 4) is 11.5 Å². The summed E-state index contributed by atoms with van der Waals surface area (Å²) < 4.78 is 16.8. The van der Waals surface area contributed by atoms with E-state index in [0.717, 1.165) is 10.9 Å². The molecule has 0 radical (unpaired) electrons. The maximum Gasteiger partial charge on any atom is 0.344 e. The van der Waals surface area contributed by atoms with E-state index in [2.05, 4.69) is 0 Å². The number of ether oxygens (including phenoxy) is 2. The Morgan fingerprint density at radius 3 is 2.65 bits per heavy atom. The molecule has 0 aliphatic carbocycles. The smallest absolute Gasteiger partial charge is 0.344 e. The van der Waals surface area contributed by atoms with Crippen LogP contribution < -0.4 is 15.1 Å². The van der Waals surface area contributed by atoms with Crippen molar-refractivity contribution in [3.05, 3.63) is 33.7 Å². The lowest BCUT2D eigenvalue weighted by atomic mass is 9.82. The Labute approximate surface area is 117 Å². The van der Waals surface area contributed by atoms with Gasteiger partial charge in [-0.15, -0.1) is 0 Å². The molecule has 0 bridgehead atoms. The van der Waals surface area contributed by atoms with Crippen molar-refractivity contribution in [1.82, 2.24) is 0 Å². The number of benzene rings is 1. The van der Waals surface area contributed by atoms with E-state index in [1.807, 2.05) is 33.8 Å². The maximum absolute atomic E-state index is 12.4. The quantitative estimate of drug-likeness (QED) is 0.749. The Morgan fingerprint density at radius 2 is 2.00 bits per heavy atom. The molecule has 0 unspecified atom stereocenters. The third-order valence-corrected chi connectivity index (χ3v) is 4.36. The second kappa shape index (κ2) is 4.01. The van der Waals surface area contributed by atoms with Crippen molar-refractivity contribution in [2.75, 3.05) is 7.11 Å². The number of aryl methyl sites for hydroxylation is 1. The molecule has 1 aromatic heterocycles. The van der Waals surface area contributed by atoms with Crippen molar-refractivity contribution in [2.24, 2.45) is 0 Å². The SMILES string of the molecule is COc1ccc(C)c2c3c(c(=O)oc12)C(C)(C)[C@H](C)O3. The van der Waals surface area contributed by atoms with Crippen LogP contribution in [-0.2, 0) is 5.41 Å². The van der Waals surface area contributed by atoms with Gasteiger partial charge in [0.1, 0.15) is 11.9 Å². The minimum atomic E-state index is -0.361. The summed E-state index contributed by atoms with van der Waals surface area (Å²) in [6.07, 6.45) is -0.0726. The maximum atomic E-state index is 12.4. The van der Waals surface area contributed by atoms with Crippen LogP contribution in [0.5, 0.6) is 11.5 Å². The molecule has 20 heavy (non-hydrogen) atoms. The topological polar surface area (TPSA) is 48.7 Å². The van der Waals surface area contributed by atoms with Crippen molar-refractivity contribution in [3.63, 3.8) is 0 Å². The van der Waals surface area contributed by atoms with Crippen LogP contribution in [0.15, 0.2) is 21.3 Å². The molecule has 1 aliphatic rings. The molecule has 1 aliphatic heterocycles. The molecule has 0 N–H and O–H groups in total. The van der Waals surface area contributed by atoms with E-state index < -0.39 is 0 Å². The fourth-order valence-corrected chi connectivity index (χ4v) is 2.77. The lowest BCUT2D eigenvalue weighted by Crippen LogP contribution is -2.32. The van der Waals surface area contributed by atoms with Gasteiger partial charge in [0.05, 0.1) is 18.1 Å². The van der Waals surface area contributed by atoms with E-state index in [9.17, 15) is 4.79 Å². The van der Waals surface area contributed by atoms with Gasteiger partial charge in [0.15, 0.2) is 11.3 Å². The number of methoxy groups -OCH3 is 1. The molecule has 2 heterocycles. The summed E-state index contributed by atoms with van der Waals surface area (Å²) in [5.41, 5.74) is 1.38. The average molecular weight is 274 g/mol. The van der Waals surface area contributed by atoms with Crippen molar-refractivity contribution >= 4 is 11.0 Å². The molecule has 0 spiro atoms. The highest BCUT2D eigenvalue weighted by Gasteiger charge is 2.43. The molecule has 1 atom stereocenters. The second-order valence-electron chi connectivity index (χ2n) is 5.86. The average Bonchev–Trinajstić information content (AvgIpc) is 2.61. The van der Waals surface area contributed by atoms with Crippen LogP contribution in [0, 0.1) is 6.92 Å². The summed E-state index contributed by atoms with van der Waals surface area (Å²) in [7, 11) is 1.56. The van der Waals surface area contributed by atoms with Crippen LogP contribution in [0.2, 0.25) is 0 Å². The second-order valence-corrected chi connectivity index (χ2v) is 5.86. The molecular weight excluding hydrogens is 256 g/mol. The van der Waals surface area contributed by atoms with Crippen molar-refractivity contribution < 1.29 is 13.9 Å². The van der Waals surface area contributed by atoms with Gasteiger partial charge in [-0.25, -0.2) is 4.79 Å². The van der Waals surface area contributed by atoms with Gasteiger partial charge in [-0.05, 0) is 25.5 Å².